The quantitative estimate of drug-likeness (QED) is 0.570. The summed E-state index contributed by atoms with van der Waals surface area (Å²) in [6, 6.07) is 0. The molecule has 0 bridgehead atoms. The second-order valence-electron chi connectivity index (χ2n) is 9.53. The third-order valence-electron chi connectivity index (χ3n) is 8.48. The predicted octanol–water partition coefficient (Wildman–Crippen LogP) is 5.51. The Morgan fingerprint density at radius 1 is 1.24 bits per heavy atom. The number of carbonyl (C=O) groups excluding carboxylic acids is 1. The van der Waals surface area contributed by atoms with Gasteiger partial charge in [0.1, 0.15) is 0 Å². The Hall–Kier alpha value is -0.330. The zero-order valence-corrected chi connectivity index (χ0v) is 19.2. The van der Waals surface area contributed by atoms with Gasteiger partial charge in [-0.1, -0.05) is 25.5 Å². The first-order valence-electron chi connectivity index (χ1n) is 10.8. The van der Waals surface area contributed by atoms with Crippen LogP contribution in [0, 0.1) is 22.7 Å². The lowest BCUT2D eigenvalue weighted by molar-refractivity contribution is -0.189. The molecule has 0 aliphatic heterocycles. The topological polar surface area (TPSA) is 37.3 Å². The van der Waals surface area contributed by atoms with Gasteiger partial charge in [-0.05, 0) is 68.3 Å². The van der Waals surface area contributed by atoms with Crippen molar-refractivity contribution in [1.29, 1.82) is 0 Å². The Balaban J connectivity index is 1.76. The average molecular weight is 443 g/mol. The van der Waals surface area contributed by atoms with Gasteiger partial charge in [0.05, 0.1) is 16.9 Å². The minimum Gasteiger partial charge on any atom is -0.390 e. The van der Waals surface area contributed by atoms with Gasteiger partial charge >= 0.3 is 0 Å². The van der Waals surface area contributed by atoms with Crippen LogP contribution in [0.15, 0.2) is 23.8 Å². The van der Waals surface area contributed by atoms with Gasteiger partial charge in [-0.25, -0.2) is 4.39 Å². The van der Waals surface area contributed by atoms with Crippen LogP contribution >= 0.6 is 23.5 Å². The molecule has 6 heteroatoms. The van der Waals surface area contributed by atoms with Crippen molar-refractivity contribution in [2.75, 3.05) is 18.2 Å². The molecule has 7 atom stereocenters. The van der Waals surface area contributed by atoms with E-state index in [2.05, 4.69) is 13.8 Å². The van der Waals surface area contributed by atoms with E-state index in [0.29, 0.717) is 25.0 Å². The van der Waals surface area contributed by atoms with Crippen LogP contribution in [0.2, 0.25) is 0 Å². The Morgan fingerprint density at radius 3 is 2.69 bits per heavy atom. The van der Waals surface area contributed by atoms with Crippen LogP contribution in [0.5, 0.6) is 0 Å². The fourth-order valence-electron chi connectivity index (χ4n) is 7.11. The number of rotatable bonds is 5. The van der Waals surface area contributed by atoms with Crippen molar-refractivity contribution >= 4 is 29.3 Å². The van der Waals surface area contributed by atoms with E-state index in [4.69, 9.17) is 0 Å². The summed E-state index contributed by atoms with van der Waals surface area (Å²) in [5.41, 5.74) is -2.11. The highest BCUT2D eigenvalue weighted by Crippen LogP contribution is 2.73. The molecule has 0 aromatic rings. The maximum absolute atomic E-state index is 17.0. The molecule has 4 rings (SSSR count). The van der Waals surface area contributed by atoms with Crippen molar-refractivity contribution < 1.29 is 18.7 Å². The van der Waals surface area contributed by atoms with Gasteiger partial charge in [0.15, 0.2) is 11.5 Å². The van der Waals surface area contributed by atoms with Crippen molar-refractivity contribution in [2.24, 2.45) is 22.7 Å². The van der Waals surface area contributed by atoms with Crippen molar-refractivity contribution in [3.8, 4) is 0 Å². The van der Waals surface area contributed by atoms with E-state index in [0.717, 1.165) is 24.2 Å². The van der Waals surface area contributed by atoms with Gasteiger partial charge in [0.25, 0.3) is 0 Å². The number of halogens is 2. The molecule has 162 valence electrons. The molecule has 0 aromatic carbocycles. The fourth-order valence-corrected chi connectivity index (χ4v) is 10.6. The van der Waals surface area contributed by atoms with E-state index in [-0.39, 0.29) is 33.8 Å². The smallest absolute Gasteiger partial charge is 0.178 e. The van der Waals surface area contributed by atoms with Gasteiger partial charge in [0.2, 0.25) is 0 Å². The number of aliphatic hydroxyl groups excluding tert-OH is 1. The van der Waals surface area contributed by atoms with E-state index >= 15 is 4.39 Å². The first-order chi connectivity index (χ1) is 13.7. The zero-order valence-electron chi connectivity index (χ0n) is 17.5. The summed E-state index contributed by atoms with van der Waals surface area (Å²) in [5.74, 6) is 1.20. The maximum atomic E-state index is 17.0. The summed E-state index contributed by atoms with van der Waals surface area (Å²) in [6.45, 7) is 5.85. The highest BCUT2D eigenvalue weighted by molar-refractivity contribution is 8.18. The normalized spacial score (nSPS) is 48.7. The summed E-state index contributed by atoms with van der Waals surface area (Å²) in [4.78, 5) is 11.9. The number of allylic oxidation sites excluding steroid dienone is 4. The molecule has 4 aliphatic rings. The lowest BCUT2D eigenvalue weighted by Crippen LogP contribution is -2.67. The van der Waals surface area contributed by atoms with Gasteiger partial charge < -0.3 is 5.11 Å². The van der Waals surface area contributed by atoms with Crippen molar-refractivity contribution in [3.05, 3.63) is 23.8 Å². The number of hydrogen-bond donors (Lipinski definition) is 1. The molecular formula is C23H32F2O2S2. The monoisotopic (exact) mass is 442 g/mol. The van der Waals surface area contributed by atoms with Crippen molar-refractivity contribution in [1.82, 2.24) is 0 Å². The number of thioether (sulfide) groups is 2. The van der Waals surface area contributed by atoms with Crippen LogP contribution in [-0.4, -0.2) is 44.9 Å². The molecule has 0 aromatic heterocycles. The van der Waals surface area contributed by atoms with Crippen LogP contribution in [0.25, 0.3) is 0 Å². The van der Waals surface area contributed by atoms with Gasteiger partial charge in [-0.3, -0.25) is 9.18 Å². The first-order valence-corrected chi connectivity index (χ1v) is 12.8. The fraction of sp³-hybridized carbons (Fsp3) is 0.783. The van der Waals surface area contributed by atoms with Gasteiger partial charge in [-0.2, -0.15) is 0 Å². The molecule has 0 saturated heterocycles. The van der Waals surface area contributed by atoms with Crippen LogP contribution in [0.1, 0.15) is 52.9 Å². The largest absolute Gasteiger partial charge is 0.390 e. The number of ketones is 1. The summed E-state index contributed by atoms with van der Waals surface area (Å²) >= 11 is 3.55. The molecule has 0 amide bonds. The SMILES string of the molecule is CCS[C@@]1(SCCF)CC[C@H]2[C@@H]3CCC4=CC(=O)C=C[C@]4(C)[C@@]3(F)[C@@H](O)C[C@@]21C. The molecule has 0 spiro atoms. The second kappa shape index (κ2) is 7.37. The Labute approximate surface area is 181 Å². The minimum absolute atomic E-state index is 0.0866. The summed E-state index contributed by atoms with van der Waals surface area (Å²) in [5, 5.41) is 11.4. The predicted molar refractivity (Wildman–Crippen MR) is 118 cm³/mol. The van der Waals surface area contributed by atoms with E-state index in [1.165, 1.54) is 6.08 Å². The zero-order chi connectivity index (χ0) is 21.1. The average Bonchev–Trinajstić information content (AvgIpc) is 2.95. The molecule has 4 aliphatic carbocycles. The molecular weight excluding hydrogens is 410 g/mol. The van der Waals surface area contributed by atoms with E-state index in [1.807, 2.05) is 18.7 Å². The van der Waals surface area contributed by atoms with Crippen molar-refractivity contribution in [2.45, 2.75) is 68.7 Å². The maximum Gasteiger partial charge on any atom is 0.178 e. The number of carbonyl (C=O) groups is 1. The van der Waals surface area contributed by atoms with Gasteiger partial charge in [0, 0.05) is 17.1 Å². The standard InChI is InChI=1S/C23H32F2O2S2/c1-4-28-22(29-12-11-24)10-8-17-18-6-5-15-13-16(26)7-9-20(15,2)23(18,25)19(27)14-21(17,22)3/h7,9,13,17-19,27H,4-6,8,10-12,14H2,1-3H3/t17-,18-,19-,20-,21-,22+,23-/m0/s1. The number of aliphatic hydroxyl groups is 1. The van der Waals surface area contributed by atoms with Crippen LogP contribution in [-0.2, 0) is 4.79 Å². The third-order valence-corrected chi connectivity index (χ3v) is 12.1. The Kier molecular flexibility index (Phi) is 5.56. The Morgan fingerprint density at radius 2 is 2.00 bits per heavy atom. The van der Waals surface area contributed by atoms with Crippen molar-refractivity contribution in [3.63, 3.8) is 0 Å². The number of hydrogen-bond acceptors (Lipinski definition) is 4. The first kappa shape index (κ1) is 21.9. The lowest BCUT2D eigenvalue weighted by Gasteiger charge is -2.63. The lowest BCUT2D eigenvalue weighted by atomic mass is 9.46. The van der Waals surface area contributed by atoms with E-state index < -0.39 is 17.2 Å². The molecule has 0 heterocycles. The minimum atomic E-state index is -1.77. The highest BCUT2D eigenvalue weighted by Gasteiger charge is 2.73. The highest BCUT2D eigenvalue weighted by atomic mass is 32.2. The summed E-state index contributed by atoms with van der Waals surface area (Å²) in [7, 11) is 0. The molecule has 2 nitrogen and oxygen atoms in total. The van der Waals surface area contributed by atoms with Crippen LogP contribution in [0.3, 0.4) is 0 Å². The summed E-state index contributed by atoms with van der Waals surface area (Å²) in [6.07, 6.45) is 7.28. The second-order valence-corrected chi connectivity index (χ2v) is 12.7. The molecule has 3 saturated carbocycles. The number of alkyl halides is 2. The molecule has 1 N–H and O–H groups in total. The molecule has 0 unspecified atom stereocenters. The number of fused-ring (bicyclic) bond motifs is 5. The van der Waals surface area contributed by atoms with Gasteiger partial charge in [-0.15, -0.1) is 23.5 Å². The summed E-state index contributed by atoms with van der Waals surface area (Å²) < 4.78 is 30.0. The van der Waals surface area contributed by atoms with Crippen LogP contribution in [0.4, 0.5) is 8.78 Å². The molecule has 0 radical (unpaired) electrons. The molecule has 29 heavy (non-hydrogen) atoms. The van der Waals surface area contributed by atoms with Crippen LogP contribution < -0.4 is 0 Å². The van der Waals surface area contributed by atoms with E-state index in [9.17, 15) is 14.3 Å². The Bertz CT molecular complexity index is 755. The molecule has 3 fully saturated rings. The third kappa shape index (κ3) is 2.80. The van der Waals surface area contributed by atoms with E-state index in [1.54, 1.807) is 23.9 Å².